The highest BCUT2D eigenvalue weighted by Crippen LogP contribution is 2.42. The van der Waals surface area contributed by atoms with Crippen LogP contribution in [0.2, 0.25) is 0 Å². The molecule has 2 heteroatoms. The van der Waals surface area contributed by atoms with Gasteiger partial charge >= 0.3 is 0 Å². The van der Waals surface area contributed by atoms with E-state index in [2.05, 4.69) is 49.8 Å². The highest BCUT2D eigenvalue weighted by Gasteiger charge is 2.38. The van der Waals surface area contributed by atoms with Crippen LogP contribution in [0, 0.1) is 17.3 Å². The zero-order valence-electron chi connectivity index (χ0n) is 13.6. The number of hydrogen-bond acceptors (Lipinski definition) is 2. The minimum absolute atomic E-state index is 0.395. The monoisotopic (exact) mass is 293 g/mol. The van der Waals surface area contributed by atoms with Gasteiger partial charge < -0.3 is 5.32 Å². The Bertz CT molecular complexity index is 382. The van der Waals surface area contributed by atoms with Crippen molar-refractivity contribution in [3.63, 3.8) is 0 Å². The highest BCUT2D eigenvalue weighted by atomic mass is 32.1. The zero-order chi connectivity index (χ0) is 14.6. The van der Waals surface area contributed by atoms with E-state index in [1.165, 1.54) is 44.2 Å². The quantitative estimate of drug-likeness (QED) is 0.767. The first kappa shape index (κ1) is 16.0. The van der Waals surface area contributed by atoms with Gasteiger partial charge in [0.2, 0.25) is 0 Å². The Hall–Kier alpha value is -0.340. The smallest absolute Gasteiger partial charge is 0.0103 e. The molecule has 1 fully saturated rings. The molecule has 3 atom stereocenters. The topological polar surface area (TPSA) is 12.0 Å². The average Bonchev–Trinajstić information content (AvgIpc) is 2.88. The first-order valence-corrected chi connectivity index (χ1v) is 9.21. The molecule has 0 saturated heterocycles. The van der Waals surface area contributed by atoms with Crippen LogP contribution in [0.15, 0.2) is 16.8 Å². The van der Waals surface area contributed by atoms with Crippen LogP contribution in [0.4, 0.5) is 0 Å². The predicted molar refractivity (Wildman–Crippen MR) is 90.4 cm³/mol. The summed E-state index contributed by atoms with van der Waals surface area (Å²) in [7, 11) is 0. The van der Waals surface area contributed by atoms with E-state index in [0.717, 1.165) is 11.8 Å². The first-order valence-electron chi connectivity index (χ1n) is 8.27. The molecule has 2 rings (SSSR count). The molecule has 0 spiro atoms. The van der Waals surface area contributed by atoms with Crippen LogP contribution in [0.3, 0.4) is 0 Å². The molecule has 1 aromatic heterocycles. The van der Waals surface area contributed by atoms with E-state index in [-0.39, 0.29) is 0 Å². The van der Waals surface area contributed by atoms with Crippen molar-refractivity contribution in [1.29, 1.82) is 0 Å². The van der Waals surface area contributed by atoms with E-state index < -0.39 is 0 Å². The van der Waals surface area contributed by atoms with Crippen molar-refractivity contribution >= 4 is 11.3 Å². The van der Waals surface area contributed by atoms with Gasteiger partial charge in [-0.05, 0) is 71.9 Å². The van der Waals surface area contributed by atoms with Crippen molar-refractivity contribution < 1.29 is 0 Å². The summed E-state index contributed by atoms with van der Waals surface area (Å²) in [6.45, 7) is 10.8. The Balaban J connectivity index is 2.05. The summed E-state index contributed by atoms with van der Waals surface area (Å²) in [5.41, 5.74) is 1.92. The Labute approximate surface area is 129 Å². The summed E-state index contributed by atoms with van der Waals surface area (Å²) in [5.74, 6) is 1.70. The minimum Gasteiger partial charge on any atom is -0.314 e. The molecule has 0 aromatic carbocycles. The standard InChI is InChI=1S/C18H31NS/c1-5-9-19-17-11-14(2)6-7-16(17)18(3,4)12-15-8-10-20-13-15/h8,10,13-14,16-17,19H,5-7,9,11-12H2,1-4H3. The van der Waals surface area contributed by atoms with Gasteiger partial charge in [0.1, 0.15) is 0 Å². The molecule has 20 heavy (non-hydrogen) atoms. The van der Waals surface area contributed by atoms with Gasteiger partial charge in [0.25, 0.3) is 0 Å². The first-order chi connectivity index (χ1) is 9.53. The Morgan fingerprint density at radius 2 is 2.15 bits per heavy atom. The highest BCUT2D eigenvalue weighted by molar-refractivity contribution is 7.07. The molecule has 114 valence electrons. The molecule has 3 unspecified atom stereocenters. The minimum atomic E-state index is 0.395. The lowest BCUT2D eigenvalue weighted by atomic mass is 9.64. The molecule has 1 aromatic rings. The summed E-state index contributed by atoms with van der Waals surface area (Å²) in [6.07, 6.45) is 6.61. The van der Waals surface area contributed by atoms with E-state index >= 15 is 0 Å². The Morgan fingerprint density at radius 3 is 2.80 bits per heavy atom. The van der Waals surface area contributed by atoms with E-state index in [1.807, 2.05) is 11.3 Å². The fourth-order valence-corrected chi connectivity index (χ4v) is 4.59. The SMILES string of the molecule is CCCNC1CC(C)CCC1C(C)(C)Cc1ccsc1. The maximum atomic E-state index is 3.84. The lowest BCUT2D eigenvalue weighted by Crippen LogP contribution is -2.47. The number of thiophene rings is 1. The second-order valence-corrected chi connectivity index (χ2v) is 8.16. The average molecular weight is 294 g/mol. The second kappa shape index (κ2) is 7.09. The maximum Gasteiger partial charge on any atom is 0.0103 e. The van der Waals surface area contributed by atoms with Crippen LogP contribution in [-0.2, 0) is 6.42 Å². The number of nitrogens with one attached hydrogen (secondary N) is 1. The molecule has 1 N–H and O–H groups in total. The van der Waals surface area contributed by atoms with E-state index in [1.54, 1.807) is 0 Å². The summed E-state index contributed by atoms with van der Waals surface area (Å²) >= 11 is 1.83. The molecule has 0 radical (unpaired) electrons. The van der Waals surface area contributed by atoms with E-state index in [0.29, 0.717) is 11.5 Å². The van der Waals surface area contributed by atoms with Crippen LogP contribution in [-0.4, -0.2) is 12.6 Å². The normalized spacial score (nSPS) is 27.7. The van der Waals surface area contributed by atoms with Gasteiger partial charge in [-0.25, -0.2) is 0 Å². The molecule has 0 aliphatic heterocycles. The number of hydrogen-bond donors (Lipinski definition) is 1. The van der Waals surface area contributed by atoms with Crippen molar-refractivity contribution in [3.8, 4) is 0 Å². The van der Waals surface area contributed by atoms with Gasteiger partial charge in [-0.1, -0.05) is 34.1 Å². The zero-order valence-corrected chi connectivity index (χ0v) is 14.4. The Kier molecular flexibility index (Phi) is 5.68. The molecular formula is C18H31NS. The molecule has 1 aliphatic carbocycles. The molecule has 1 nitrogen and oxygen atoms in total. The molecule has 0 bridgehead atoms. The fraction of sp³-hybridized carbons (Fsp3) is 0.778. The van der Waals surface area contributed by atoms with Crippen molar-refractivity contribution in [2.45, 2.75) is 65.8 Å². The molecule has 1 heterocycles. The van der Waals surface area contributed by atoms with Crippen LogP contribution in [0.5, 0.6) is 0 Å². The molecule has 0 amide bonds. The largest absolute Gasteiger partial charge is 0.314 e. The third kappa shape index (κ3) is 4.08. The molecule has 1 aliphatic rings. The lowest BCUT2D eigenvalue weighted by molar-refractivity contribution is 0.0942. The maximum absolute atomic E-state index is 3.84. The molecule has 1 saturated carbocycles. The predicted octanol–water partition coefficient (Wildman–Crippen LogP) is 5.12. The van der Waals surface area contributed by atoms with E-state index in [4.69, 9.17) is 0 Å². The fourth-order valence-electron chi connectivity index (χ4n) is 3.92. The summed E-state index contributed by atoms with van der Waals surface area (Å²) in [4.78, 5) is 0. The Morgan fingerprint density at radius 1 is 1.35 bits per heavy atom. The summed E-state index contributed by atoms with van der Waals surface area (Å²) in [5, 5.41) is 8.37. The van der Waals surface area contributed by atoms with Crippen molar-refractivity contribution in [2.24, 2.45) is 17.3 Å². The number of rotatable bonds is 6. The van der Waals surface area contributed by atoms with Gasteiger partial charge in [-0.2, -0.15) is 11.3 Å². The van der Waals surface area contributed by atoms with Crippen LogP contribution in [0.25, 0.3) is 0 Å². The van der Waals surface area contributed by atoms with Gasteiger partial charge in [0.15, 0.2) is 0 Å². The van der Waals surface area contributed by atoms with Crippen molar-refractivity contribution in [3.05, 3.63) is 22.4 Å². The van der Waals surface area contributed by atoms with Gasteiger partial charge in [-0.15, -0.1) is 0 Å². The summed E-state index contributed by atoms with van der Waals surface area (Å²) < 4.78 is 0. The van der Waals surface area contributed by atoms with Gasteiger partial charge in [-0.3, -0.25) is 0 Å². The van der Waals surface area contributed by atoms with Gasteiger partial charge in [0.05, 0.1) is 0 Å². The lowest BCUT2D eigenvalue weighted by Gasteiger charge is -2.45. The van der Waals surface area contributed by atoms with E-state index in [9.17, 15) is 0 Å². The third-order valence-electron chi connectivity index (χ3n) is 5.01. The second-order valence-electron chi connectivity index (χ2n) is 7.38. The van der Waals surface area contributed by atoms with Crippen LogP contribution >= 0.6 is 11.3 Å². The third-order valence-corrected chi connectivity index (χ3v) is 5.74. The van der Waals surface area contributed by atoms with Crippen molar-refractivity contribution in [2.75, 3.05) is 6.54 Å². The summed E-state index contributed by atoms with van der Waals surface area (Å²) in [6, 6.07) is 3.01. The van der Waals surface area contributed by atoms with Crippen molar-refractivity contribution in [1.82, 2.24) is 5.32 Å². The van der Waals surface area contributed by atoms with Crippen LogP contribution < -0.4 is 5.32 Å². The molecular weight excluding hydrogens is 262 g/mol. The van der Waals surface area contributed by atoms with Gasteiger partial charge in [0, 0.05) is 6.04 Å². The van der Waals surface area contributed by atoms with Crippen LogP contribution in [0.1, 0.15) is 58.9 Å².